The van der Waals surface area contributed by atoms with E-state index in [2.05, 4.69) is 47.5 Å². The summed E-state index contributed by atoms with van der Waals surface area (Å²) in [6.07, 6.45) is 4.22. The zero-order valence-corrected chi connectivity index (χ0v) is 14.4. The van der Waals surface area contributed by atoms with Crippen LogP contribution in [-0.2, 0) is 4.79 Å². The summed E-state index contributed by atoms with van der Waals surface area (Å²) in [5.41, 5.74) is 1.27. The Morgan fingerprint density at radius 1 is 1.26 bits per heavy atom. The van der Waals surface area contributed by atoms with Crippen LogP contribution in [0.4, 0.5) is 5.69 Å². The third-order valence-electron chi connectivity index (χ3n) is 5.39. The lowest BCUT2D eigenvalue weighted by molar-refractivity contribution is -0.137. The fourth-order valence-electron chi connectivity index (χ4n) is 3.97. The summed E-state index contributed by atoms with van der Waals surface area (Å²) in [7, 11) is 2.01. The zero-order chi connectivity index (χ0) is 16.2. The van der Waals surface area contributed by atoms with Crippen molar-refractivity contribution in [3.8, 4) is 0 Å². The zero-order valence-electron chi connectivity index (χ0n) is 14.4. The van der Waals surface area contributed by atoms with Crippen LogP contribution in [0.25, 0.3) is 0 Å². The van der Waals surface area contributed by atoms with E-state index in [-0.39, 0.29) is 5.92 Å². The predicted octanol–water partition coefficient (Wildman–Crippen LogP) is 2.50. The van der Waals surface area contributed by atoms with Gasteiger partial charge in [0.15, 0.2) is 0 Å². The molecule has 4 nitrogen and oxygen atoms in total. The van der Waals surface area contributed by atoms with Gasteiger partial charge in [0.2, 0.25) is 5.91 Å². The molecule has 2 aliphatic heterocycles. The van der Waals surface area contributed by atoms with Crippen LogP contribution in [0.1, 0.15) is 32.6 Å². The number of para-hydroxylation sites is 1. The van der Waals surface area contributed by atoms with Crippen LogP contribution in [-0.4, -0.2) is 49.6 Å². The molecule has 1 aromatic rings. The molecule has 0 saturated carbocycles. The summed E-state index contributed by atoms with van der Waals surface area (Å²) in [5.74, 6) is 0.543. The van der Waals surface area contributed by atoms with Crippen LogP contribution < -0.4 is 10.2 Å². The normalized spacial score (nSPS) is 28.4. The van der Waals surface area contributed by atoms with Crippen molar-refractivity contribution >= 4 is 11.6 Å². The highest BCUT2D eigenvalue weighted by Gasteiger charge is 2.32. The third-order valence-corrected chi connectivity index (χ3v) is 5.39. The second-order valence-electron chi connectivity index (χ2n) is 7.10. The first-order valence-corrected chi connectivity index (χ1v) is 8.95. The number of rotatable bonds is 3. The number of hydrogen-bond donors (Lipinski definition) is 1. The molecule has 2 saturated heterocycles. The molecule has 23 heavy (non-hydrogen) atoms. The lowest BCUT2D eigenvalue weighted by Gasteiger charge is -2.40. The van der Waals surface area contributed by atoms with Crippen molar-refractivity contribution in [2.24, 2.45) is 5.92 Å². The molecule has 3 rings (SSSR count). The Morgan fingerprint density at radius 2 is 2.04 bits per heavy atom. The molecule has 1 unspecified atom stereocenters. The summed E-state index contributed by atoms with van der Waals surface area (Å²) >= 11 is 0. The second kappa shape index (κ2) is 7.35. The molecule has 1 N–H and O–H groups in total. The lowest BCUT2D eigenvalue weighted by atomic mass is 9.91. The highest BCUT2D eigenvalue weighted by Crippen LogP contribution is 2.25. The summed E-state index contributed by atoms with van der Waals surface area (Å²) < 4.78 is 0. The first-order chi connectivity index (χ1) is 11.1. The number of carbonyl (C=O) groups excluding carboxylic acids is 1. The van der Waals surface area contributed by atoms with Crippen LogP contribution in [0, 0.1) is 5.92 Å². The van der Waals surface area contributed by atoms with E-state index in [9.17, 15) is 4.79 Å². The van der Waals surface area contributed by atoms with E-state index in [1.807, 2.05) is 11.9 Å². The third kappa shape index (κ3) is 3.86. The Hall–Kier alpha value is -1.55. The monoisotopic (exact) mass is 315 g/mol. The van der Waals surface area contributed by atoms with Crippen molar-refractivity contribution in [3.05, 3.63) is 30.3 Å². The van der Waals surface area contributed by atoms with Gasteiger partial charge in [-0.2, -0.15) is 0 Å². The predicted molar refractivity (Wildman–Crippen MR) is 94.6 cm³/mol. The van der Waals surface area contributed by atoms with Gasteiger partial charge in [0.25, 0.3) is 0 Å². The van der Waals surface area contributed by atoms with Gasteiger partial charge < -0.3 is 15.1 Å². The molecular weight excluding hydrogens is 286 g/mol. The van der Waals surface area contributed by atoms with Crippen molar-refractivity contribution in [2.45, 2.75) is 44.7 Å². The quantitative estimate of drug-likeness (QED) is 0.931. The maximum atomic E-state index is 12.9. The van der Waals surface area contributed by atoms with Crippen molar-refractivity contribution < 1.29 is 4.79 Å². The van der Waals surface area contributed by atoms with Crippen LogP contribution >= 0.6 is 0 Å². The van der Waals surface area contributed by atoms with Gasteiger partial charge in [-0.05, 0) is 51.3 Å². The van der Waals surface area contributed by atoms with Crippen molar-refractivity contribution in [1.82, 2.24) is 10.2 Å². The molecule has 2 fully saturated rings. The molecule has 3 atom stereocenters. The largest absolute Gasteiger partial charge is 0.369 e. The number of nitrogens with zero attached hydrogens (tertiary/aromatic N) is 2. The molecule has 2 aliphatic rings. The molecule has 4 heteroatoms. The smallest absolute Gasteiger partial charge is 0.225 e. The van der Waals surface area contributed by atoms with Gasteiger partial charge in [0.1, 0.15) is 0 Å². The number of piperidine rings is 2. The van der Waals surface area contributed by atoms with E-state index in [1.54, 1.807) is 0 Å². The maximum Gasteiger partial charge on any atom is 0.225 e. The van der Waals surface area contributed by atoms with E-state index >= 15 is 0 Å². The molecule has 0 aliphatic carbocycles. The Kier molecular flexibility index (Phi) is 5.21. The summed E-state index contributed by atoms with van der Waals surface area (Å²) in [5, 5.41) is 3.43. The molecule has 1 amide bonds. The first-order valence-electron chi connectivity index (χ1n) is 8.95. The highest BCUT2D eigenvalue weighted by molar-refractivity contribution is 5.79. The molecule has 0 spiro atoms. The van der Waals surface area contributed by atoms with E-state index in [0.29, 0.717) is 18.0 Å². The Morgan fingerprint density at radius 3 is 2.78 bits per heavy atom. The average Bonchev–Trinajstić information content (AvgIpc) is 2.61. The summed E-state index contributed by atoms with van der Waals surface area (Å²) in [4.78, 5) is 17.3. The highest BCUT2D eigenvalue weighted by atomic mass is 16.2. The maximum absolute atomic E-state index is 12.9. The van der Waals surface area contributed by atoms with Crippen LogP contribution in [0.5, 0.6) is 0 Å². The molecule has 126 valence electrons. The number of benzene rings is 1. The second-order valence-corrected chi connectivity index (χ2v) is 7.10. The molecule has 2 heterocycles. The van der Waals surface area contributed by atoms with Crippen LogP contribution in [0.15, 0.2) is 30.3 Å². The minimum absolute atomic E-state index is 0.198. The van der Waals surface area contributed by atoms with Gasteiger partial charge in [0, 0.05) is 43.8 Å². The fourth-order valence-corrected chi connectivity index (χ4v) is 3.97. The van der Waals surface area contributed by atoms with E-state index in [0.717, 1.165) is 45.3 Å². The SMILES string of the molecule is C[C@H]1C[C@@H](C(=O)N(C)C2CCCN(c3ccccc3)C2)CCN1. The molecule has 0 bridgehead atoms. The lowest BCUT2D eigenvalue weighted by Crippen LogP contribution is -2.51. The summed E-state index contributed by atoms with van der Waals surface area (Å²) in [6.45, 7) is 5.18. The Bertz CT molecular complexity index is 519. The van der Waals surface area contributed by atoms with Gasteiger partial charge in [0.05, 0.1) is 0 Å². The van der Waals surface area contributed by atoms with E-state index in [1.165, 1.54) is 5.69 Å². The topological polar surface area (TPSA) is 35.6 Å². The average molecular weight is 315 g/mol. The number of nitrogens with one attached hydrogen (secondary N) is 1. The van der Waals surface area contributed by atoms with Gasteiger partial charge >= 0.3 is 0 Å². The number of carbonyl (C=O) groups is 1. The molecule has 1 aromatic carbocycles. The van der Waals surface area contributed by atoms with Gasteiger partial charge in [-0.25, -0.2) is 0 Å². The minimum Gasteiger partial charge on any atom is -0.369 e. The number of anilines is 1. The van der Waals surface area contributed by atoms with E-state index < -0.39 is 0 Å². The van der Waals surface area contributed by atoms with Crippen molar-refractivity contribution in [3.63, 3.8) is 0 Å². The van der Waals surface area contributed by atoms with Crippen LogP contribution in [0.3, 0.4) is 0 Å². The first kappa shape index (κ1) is 16.3. The standard InChI is InChI=1S/C19H29N3O/c1-15-13-16(10-11-20-15)19(23)21(2)18-9-6-12-22(14-18)17-7-4-3-5-8-17/h3-5,7-8,15-16,18,20H,6,9-14H2,1-2H3/t15-,16-,18?/m0/s1. The molecule has 0 radical (unpaired) electrons. The fraction of sp³-hybridized carbons (Fsp3) is 0.632. The molecular formula is C19H29N3O. The van der Waals surface area contributed by atoms with Gasteiger partial charge in [-0.15, -0.1) is 0 Å². The Labute approximate surface area is 139 Å². The number of likely N-dealkylation sites (N-methyl/N-ethyl adjacent to an activating group) is 1. The number of amides is 1. The minimum atomic E-state index is 0.198. The van der Waals surface area contributed by atoms with E-state index in [4.69, 9.17) is 0 Å². The summed E-state index contributed by atoms with van der Waals surface area (Å²) in [6, 6.07) is 11.4. The van der Waals surface area contributed by atoms with Crippen molar-refractivity contribution in [1.29, 1.82) is 0 Å². The Balaban J connectivity index is 1.62. The number of hydrogen-bond acceptors (Lipinski definition) is 3. The van der Waals surface area contributed by atoms with Gasteiger partial charge in [-0.1, -0.05) is 18.2 Å². The van der Waals surface area contributed by atoms with Crippen LogP contribution in [0.2, 0.25) is 0 Å². The van der Waals surface area contributed by atoms with Crippen molar-refractivity contribution in [2.75, 3.05) is 31.6 Å². The van der Waals surface area contributed by atoms with Gasteiger partial charge in [-0.3, -0.25) is 4.79 Å². The molecule has 0 aromatic heterocycles.